The molecule has 0 saturated carbocycles. The minimum absolute atomic E-state index is 0.0279. The lowest BCUT2D eigenvalue weighted by molar-refractivity contribution is -0.757. The lowest BCUT2D eigenvalue weighted by atomic mass is 10.1. The predicted octanol–water partition coefficient (Wildman–Crippen LogP) is -0.211. The first-order chi connectivity index (χ1) is 8.13. The molecule has 0 aromatic rings. The van der Waals surface area contributed by atoms with E-state index in [1.165, 1.54) is 0 Å². The van der Waals surface area contributed by atoms with Gasteiger partial charge in [-0.25, -0.2) is 0 Å². The van der Waals surface area contributed by atoms with Gasteiger partial charge in [0.05, 0.1) is 0 Å². The van der Waals surface area contributed by atoms with Gasteiger partial charge in [0.2, 0.25) is 6.19 Å². The van der Waals surface area contributed by atoms with Crippen molar-refractivity contribution in [3.63, 3.8) is 0 Å². The number of amidine groups is 1. The highest BCUT2D eigenvalue weighted by molar-refractivity contribution is 5.98. The van der Waals surface area contributed by atoms with Crippen LogP contribution in [-0.4, -0.2) is 35.5 Å². The fourth-order valence-electron chi connectivity index (χ4n) is 1.28. The molecule has 17 heavy (non-hydrogen) atoms. The second-order valence-corrected chi connectivity index (χ2v) is 3.16. The van der Waals surface area contributed by atoms with E-state index in [2.05, 4.69) is 9.83 Å². The number of hydrogen-bond donors (Lipinski definition) is 1. The van der Waals surface area contributed by atoms with E-state index in [9.17, 15) is 10.1 Å². The molecule has 90 valence electrons. The van der Waals surface area contributed by atoms with Crippen LogP contribution in [0.5, 0.6) is 0 Å². The first kappa shape index (κ1) is 12.5. The predicted molar refractivity (Wildman–Crippen MR) is 59.0 cm³/mol. The fourth-order valence-corrected chi connectivity index (χ4v) is 1.28. The number of allylic oxidation sites excluding steroid dienone is 2. The van der Waals surface area contributed by atoms with Crippen molar-refractivity contribution in [2.75, 3.05) is 19.7 Å². The highest BCUT2D eigenvalue weighted by Gasteiger charge is 2.11. The Morgan fingerprint density at radius 3 is 3.24 bits per heavy atom. The summed E-state index contributed by atoms with van der Waals surface area (Å²) in [7, 11) is 0. The van der Waals surface area contributed by atoms with E-state index in [0.29, 0.717) is 18.7 Å². The van der Waals surface area contributed by atoms with Crippen LogP contribution in [0.15, 0.2) is 28.9 Å². The summed E-state index contributed by atoms with van der Waals surface area (Å²) in [4.78, 5) is 19.4. The van der Waals surface area contributed by atoms with Gasteiger partial charge in [-0.05, 0) is 12.3 Å². The molecule has 1 rings (SSSR count). The second-order valence-electron chi connectivity index (χ2n) is 3.16. The Bertz CT molecular complexity index is 421. The Kier molecular flexibility index (Phi) is 4.50. The summed E-state index contributed by atoms with van der Waals surface area (Å²) in [6.45, 7) is 0.767. The van der Waals surface area contributed by atoms with E-state index in [4.69, 9.17) is 11.0 Å². The zero-order chi connectivity index (χ0) is 12.7. The van der Waals surface area contributed by atoms with Gasteiger partial charge in [-0.2, -0.15) is 10.3 Å². The molecule has 0 bridgehead atoms. The van der Waals surface area contributed by atoms with Gasteiger partial charge in [-0.3, -0.25) is 0 Å². The number of hydrogen-bond acceptors (Lipinski definition) is 6. The zero-order valence-corrected chi connectivity index (χ0v) is 8.94. The van der Waals surface area contributed by atoms with Crippen molar-refractivity contribution in [2.24, 2.45) is 10.7 Å². The Hall–Kier alpha value is -2.56. The molecule has 0 radical (unpaired) electrons. The number of aliphatic imine (C=N–C) groups is 1. The maximum atomic E-state index is 9.96. The Morgan fingerprint density at radius 2 is 2.59 bits per heavy atom. The van der Waals surface area contributed by atoms with Crippen LogP contribution in [0.25, 0.3) is 0 Å². The van der Waals surface area contributed by atoms with Crippen molar-refractivity contribution < 1.29 is 9.92 Å². The molecule has 1 aliphatic rings. The normalized spacial score (nSPS) is 15.1. The van der Waals surface area contributed by atoms with E-state index in [0.717, 1.165) is 0 Å². The number of rotatable bonds is 5. The van der Waals surface area contributed by atoms with Gasteiger partial charge < -0.3 is 15.5 Å². The Morgan fingerprint density at radius 1 is 1.82 bits per heavy atom. The summed E-state index contributed by atoms with van der Waals surface area (Å²) in [6.07, 6.45) is 6.82. The molecule has 0 aromatic carbocycles. The maximum absolute atomic E-state index is 9.96. The molecule has 1 aliphatic heterocycles. The second kappa shape index (κ2) is 6.12. The minimum atomic E-state index is -0.837. The molecule has 0 saturated heterocycles. The smallest absolute Gasteiger partial charge is 0.294 e. The summed E-state index contributed by atoms with van der Waals surface area (Å²) in [5.41, 5.74) is 6.25. The van der Waals surface area contributed by atoms with Crippen LogP contribution in [0.2, 0.25) is 0 Å². The summed E-state index contributed by atoms with van der Waals surface area (Å²) >= 11 is 0. The van der Waals surface area contributed by atoms with Crippen molar-refractivity contribution in [1.82, 2.24) is 4.90 Å². The van der Waals surface area contributed by atoms with Crippen molar-refractivity contribution in [3.8, 4) is 6.19 Å². The molecule has 0 unspecified atom stereocenters. The van der Waals surface area contributed by atoms with Gasteiger partial charge in [0.1, 0.15) is 12.4 Å². The monoisotopic (exact) mass is 237 g/mol. The van der Waals surface area contributed by atoms with Crippen LogP contribution in [0.1, 0.15) is 0 Å². The summed E-state index contributed by atoms with van der Waals surface area (Å²) in [6, 6.07) is 0. The van der Waals surface area contributed by atoms with Gasteiger partial charge in [0.15, 0.2) is 0 Å². The van der Waals surface area contributed by atoms with E-state index in [-0.39, 0.29) is 12.4 Å². The largest absolute Gasteiger partial charge is 0.383 e. The number of nitriles is 1. The van der Waals surface area contributed by atoms with Crippen molar-refractivity contribution in [3.05, 3.63) is 34.0 Å². The van der Waals surface area contributed by atoms with Gasteiger partial charge >= 0.3 is 0 Å². The van der Waals surface area contributed by atoms with Crippen LogP contribution in [0, 0.1) is 21.6 Å². The highest BCUT2D eigenvalue weighted by Crippen LogP contribution is 2.07. The number of nitrogens with two attached hydrogens (primary N) is 1. The van der Waals surface area contributed by atoms with Crippen LogP contribution in [0.3, 0.4) is 0 Å². The van der Waals surface area contributed by atoms with Crippen LogP contribution in [-0.2, 0) is 4.84 Å². The fraction of sp³-hybridized carbons (Fsp3) is 0.333. The van der Waals surface area contributed by atoms with Crippen molar-refractivity contribution in [1.29, 1.82) is 5.26 Å². The van der Waals surface area contributed by atoms with Crippen molar-refractivity contribution in [2.45, 2.75) is 0 Å². The third kappa shape index (κ3) is 4.21. The van der Waals surface area contributed by atoms with Crippen LogP contribution in [0.4, 0.5) is 0 Å². The zero-order valence-electron chi connectivity index (χ0n) is 8.94. The SMILES string of the molecule is N#CN=C(N)C1=CC=CN(CCO[N+](=O)[O-])C1. The van der Waals surface area contributed by atoms with Gasteiger partial charge in [0, 0.05) is 18.7 Å². The Balaban J connectivity index is 2.47. The van der Waals surface area contributed by atoms with E-state index >= 15 is 0 Å². The third-order valence-electron chi connectivity index (χ3n) is 2.04. The number of nitrogens with zero attached hydrogens (tertiary/aromatic N) is 4. The average molecular weight is 237 g/mol. The lowest BCUT2D eigenvalue weighted by Gasteiger charge is -2.23. The van der Waals surface area contributed by atoms with Gasteiger partial charge in [0.25, 0.3) is 5.09 Å². The topological polar surface area (TPSA) is 118 Å². The molecule has 0 amide bonds. The van der Waals surface area contributed by atoms with Crippen LogP contribution >= 0.6 is 0 Å². The molecular weight excluding hydrogens is 226 g/mol. The highest BCUT2D eigenvalue weighted by atomic mass is 16.9. The molecule has 0 atom stereocenters. The van der Waals surface area contributed by atoms with Crippen LogP contribution < -0.4 is 5.73 Å². The van der Waals surface area contributed by atoms with E-state index in [1.807, 2.05) is 0 Å². The van der Waals surface area contributed by atoms with Gasteiger partial charge in [-0.15, -0.1) is 10.1 Å². The first-order valence-corrected chi connectivity index (χ1v) is 4.75. The Labute approximate surface area is 97.4 Å². The van der Waals surface area contributed by atoms with Gasteiger partial charge in [-0.1, -0.05) is 6.08 Å². The summed E-state index contributed by atoms with van der Waals surface area (Å²) < 4.78 is 0. The maximum Gasteiger partial charge on any atom is 0.294 e. The standard InChI is InChI=1S/C9H11N5O3/c10-7-12-9(11)8-2-1-3-13(6-8)4-5-17-14(15)16/h1-3H,4-6H2,(H2,11,12). The average Bonchev–Trinajstić information content (AvgIpc) is 2.29. The molecule has 2 N–H and O–H groups in total. The molecule has 0 spiro atoms. The van der Waals surface area contributed by atoms with E-state index in [1.54, 1.807) is 29.4 Å². The minimum Gasteiger partial charge on any atom is -0.383 e. The molecule has 0 fully saturated rings. The summed E-state index contributed by atoms with van der Waals surface area (Å²) in [5, 5.41) is 17.5. The quantitative estimate of drug-likeness (QED) is 0.232. The first-order valence-electron chi connectivity index (χ1n) is 4.75. The molecule has 1 heterocycles. The van der Waals surface area contributed by atoms with Crippen molar-refractivity contribution >= 4 is 5.84 Å². The summed E-state index contributed by atoms with van der Waals surface area (Å²) in [5.74, 6) is 0.150. The molecule has 8 heteroatoms. The van der Waals surface area contributed by atoms with E-state index < -0.39 is 5.09 Å². The molecule has 0 aliphatic carbocycles. The molecule has 8 nitrogen and oxygen atoms in total. The lowest BCUT2D eigenvalue weighted by Crippen LogP contribution is -2.31. The third-order valence-corrected chi connectivity index (χ3v) is 2.04. The molecular formula is C9H11N5O3. The molecule has 0 aromatic heterocycles.